The second-order valence-electron chi connectivity index (χ2n) is 5.38. The van der Waals surface area contributed by atoms with Gasteiger partial charge in [0, 0.05) is 49.6 Å². The van der Waals surface area contributed by atoms with E-state index in [0.29, 0.717) is 0 Å². The largest absolute Gasteiger partial charge is 0.337 e. The molecule has 0 N–H and O–H groups in total. The molecule has 3 heterocycles. The Morgan fingerprint density at radius 2 is 2.00 bits per heavy atom. The fourth-order valence-electron chi connectivity index (χ4n) is 2.67. The lowest BCUT2D eigenvalue weighted by atomic mass is 10.2. The van der Waals surface area contributed by atoms with Crippen LogP contribution in [-0.4, -0.2) is 46.9 Å². The Balaban J connectivity index is 1.60. The van der Waals surface area contributed by atoms with E-state index >= 15 is 0 Å². The van der Waals surface area contributed by atoms with Crippen LogP contribution in [-0.2, 0) is 6.54 Å². The van der Waals surface area contributed by atoms with Crippen LogP contribution in [0.1, 0.15) is 21.7 Å². The van der Waals surface area contributed by atoms with Crippen molar-refractivity contribution in [3.05, 3.63) is 50.9 Å². The molecule has 1 aliphatic rings. The van der Waals surface area contributed by atoms with Crippen molar-refractivity contribution in [2.75, 3.05) is 26.2 Å². The van der Waals surface area contributed by atoms with Gasteiger partial charge in [0.25, 0.3) is 5.91 Å². The van der Waals surface area contributed by atoms with Gasteiger partial charge in [-0.05, 0) is 51.5 Å². The number of halogens is 1. The number of thiophene rings is 1. The molecule has 2 aromatic rings. The van der Waals surface area contributed by atoms with Crippen LogP contribution in [0.2, 0.25) is 0 Å². The number of hydrogen-bond donors (Lipinski definition) is 0. The van der Waals surface area contributed by atoms with Gasteiger partial charge in [-0.15, -0.1) is 11.3 Å². The molecular formula is C16H18BrN3OS. The Bertz CT molecular complexity index is 631. The third-order valence-electron chi connectivity index (χ3n) is 3.84. The van der Waals surface area contributed by atoms with Crippen LogP contribution in [0.3, 0.4) is 0 Å². The summed E-state index contributed by atoms with van der Waals surface area (Å²) < 4.78 is 0.903. The highest BCUT2D eigenvalue weighted by atomic mass is 79.9. The number of carbonyl (C=O) groups excluding carboxylic acids is 1. The molecule has 22 heavy (non-hydrogen) atoms. The van der Waals surface area contributed by atoms with Gasteiger partial charge in [-0.3, -0.25) is 14.7 Å². The van der Waals surface area contributed by atoms with Gasteiger partial charge in [0.05, 0.1) is 0 Å². The van der Waals surface area contributed by atoms with Crippen LogP contribution in [0.4, 0.5) is 0 Å². The zero-order valence-electron chi connectivity index (χ0n) is 12.2. The number of amides is 1. The van der Waals surface area contributed by atoms with E-state index in [2.05, 4.69) is 37.9 Å². The van der Waals surface area contributed by atoms with Crippen LogP contribution in [0.25, 0.3) is 0 Å². The highest BCUT2D eigenvalue weighted by Gasteiger charge is 2.22. The van der Waals surface area contributed by atoms with Gasteiger partial charge in [-0.2, -0.15) is 0 Å². The van der Waals surface area contributed by atoms with E-state index in [4.69, 9.17) is 0 Å². The number of nitrogens with zero attached hydrogens (tertiary/aromatic N) is 3. The van der Waals surface area contributed by atoms with Crippen LogP contribution in [0.5, 0.6) is 0 Å². The van der Waals surface area contributed by atoms with E-state index in [-0.39, 0.29) is 5.91 Å². The minimum Gasteiger partial charge on any atom is -0.337 e. The Kier molecular flexibility index (Phi) is 5.23. The first-order valence-electron chi connectivity index (χ1n) is 7.37. The van der Waals surface area contributed by atoms with E-state index < -0.39 is 0 Å². The first-order valence-corrected chi connectivity index (χ1v) is 9.05. The maximum Gasteiger partial charge on any atom is 0.265 e. The molecule has 0 radical (unpaired) electrons. The van der Waals surface area contributed by atoms with Crippen molar-refractivity contribution < 1.29 is 4.79 Å². The summed E-state index contributed by atoms with van der Waals surface area (Å²) in [5.41, 5.74) is 1.27. The van der Waals surface area contributed by atoms with E-state index in [0.717, 1.165) is 48.5 Å². The number of pyridine rings is 1. The molecule has 1 amide bonds. The Morgan fingerprint density at radius 3 is 2.73 bits per heavy atom. The number of rotatable bonds is 3. The topological polar surface area (TPSA) is 36.4 Å². The molecule has 0 unspecified atom stereocenters. The highest BCUT2D eigenvalue weighted by molar-refractivity contribution is 9.10. The summed E-state index contributed by atoms with van der Waals surface area (Å²) in [6.07, 6.45) is 4.68. The van der Waals surface area contributed by atoms with Crippen LogP contribution in [0, 0.1) is 0 Å². The van der Waals surface area contributed by atoms with Crippen molar-refractivity contribution in [3.63, 3.8) is 0 Å². The zero-order chi connectivity index (χ0) is 15.4. The normalized spacial score (nSPS) is 16.5. The van der Waals surface area contributed by atoms with Gasteiger partial charge >= 0.3 is 0 Å². The number of carbonyl (C=O) groups is 1. The molecule has 4 nitrogen and oxygen atoms in total. The number of aromatic nitrogens is 1. The van der Waals surface area contributed by atoms with E-state index in [1.165, 1.54) is 16.9 Å². The summed E-state index contributed by atoms with van der Waals surface area (Å²) >= 11 is 4.96. The molecule has 1 fully saturated rings. The van der Waals surface area contributed by atoms with Crippen molar-refractivity contribution in [2.45, 2.75) is 13.0 Å². The smallest absolute Gasteiger partial charge is 0.265 e. The molecule has 1 aliphatic heterocycles. The van der Waals surface area contributed by atoms with Gasteiger partial charge < -0.3 is 4.90 Å². The molecule has 116 valence electrons. The molecule has 3 rings (SSSR count). The molecule has 0 aliphatic carbocycles. The van der Waals surface area contributed by atoms with Gasteiger partial charge in [0.1, 0.15) is 4.88 Å². The van der Waals surface area contributed by atoms with Crippen LogP contribution < -0.4 is 0 Å². The van der Waals surface area contributed by atoms with Gasteiger partial charge in [0.2, 0.25) is 0 Å². The van der Waals surface area contributed by atoms with Crippen LogP contribution in [0.15, 0.2) is 40.4 Å². The first kappa shape index (κ1) is 15.6. The predicted octanol–water partition coefficient (Wildman–Crippen LogP) is 3.25. The molecule has 1 saturated heterocycles. The quantitative estimate of drug-likeness (QED) is 0.820. The number of hydrogen-bond acceptors (Lipinski definition) is 4. The van der Waals surface area contributed by atoms with Crippen molar-refractivity contribution in [3.8, 4) is 0 Å². The molecule has 0 spiro atoms. The van der Waals surface area contributed by atoms with Crippen LogP contribution >= 0.6 is 27.3 Å². The Morgan fingerprint density at radius 1 is 1.18 bits per heavy atom. The molecule has 0 saturated carbocycles. The van der Waals surface area contributed by atoms with Gasteiger partial charge in [-0.25, -0.2) is 0 Å². The Labute approximate surface area is 142 Å². The SMILES string of the molecule is O=C(c1sccc1Br)N1CCCN(Cc2ccncc2)CC1. The average molecular weight is 380 g/mol. The maximum atomic E-state index is 12.6. The summed E-state index contributed by atoms with van der Waals surface area (Å²) in [6, 6.07) is 6.04. The monoisotopic (exact) mass is 379 g/mol. The van der Waals surface area contributed by atoms with Crippen molar-refractivity contribution in [2.24, 2.45) is 0 Å². The molecule has 0 aromatic carbocycles. The van der Waals surface area contributed by atoms with E-state index in [1.54, 1.807) is 0 Å². The van der Waals surface area contributed by atoms with E-state index in [9.17, 15) is 4.79 Å². The molecule has 2 aromatic heterocycles. The lowest BCUT2D eigenvalue weighted by molar-refractivity contribution is 0.0765. The molecule has 0 bridgehead atoms. The van der Waals surface area contributed by atoms with Crippen molar-refractivity contribution in [1.82, 2.24) is 14.8 Å². The third-order valence-corrected chi connectivity index (χ3v) is 5.67. The second kappa shape index (κ2) is 7.35. The summed E-state index contributed by atoms with van der Waals surface area (Å²) in [4.78, 5) is 21.8. The fourth-order valence-corrected chi connectivity index (χ4v) is 4.18. The third kappa shape index (κ3) is 3.74. The maximum absolute atomic E-state index is 12.6. The minimum atomic E-state index is 0.146. The molecular weight excluding hydrogens is 362 g/mol. The minimum absolute atomic E-state index is 0.146. The molecule has 0 atom stereocenters. The highest BCUT2D eigenvalue weighted by Crippen LogP contribution is 2.24. The summed E-state index contributed by atoms with van der Waals surface area (Å²) in [6.45, 7) is 4.48. The van der Waals surface area contributed by atoms with Crippen molar-refractivity contribution in [1.29, 1.82) is 0 Å². The summed E-state index contributed by atoms with van der Waals surface area (Å²) in [5, 5.41) is 1.95. The summed E-state index contributed by atoms with van der Waals surface area (Å²) in [5.74, 6) is 0.146. The average Bonchev–Trinajstić information content (AvgIpc) is 2.82. The fraction of sp³-hybridized carbons (Fsp3) is 0.375. The van der Waals surface area contributed by atoms with E-state index in [1.807, 2.05) is 28.7 Å². The molecule has 6 heteroatoms. The first-order chi connectivity index (χ1) is 10.7. The predicted molar refractivity (Wildman–Crippen MR) is 92.1 cm³/mol. The second-order valence-corrected chi connectivity index (χ2v) is 7.15. The van der Waals surface area contributed by atoms with Gasteiger partial charge in [-0.1, -0.05) is 0 Å². The zero-order valence-corrected chi connectivity index (χ0v) is 14.6. The Hall–Kier alpha value is -1.24. The standard InChI is InChI=1S/C16H18BrN3OS/c17-14-4-11-22-15(14)16(21)20-8-1-7-19(9-10-20)12-13-2-5-18-6-3-13/h2-6,11H,1,7-10,12H2. The lowest BCUT2D eigenvalue weighted by Gasteiger charge is -2.21. The van der Waals surface area contributed by atoms with Crippen molar-refractivity contribution >= 4 is 33.2 Å². The van der Waals surface area contributed by atoms with Gasteiger partial charge in [0.15, 0.2) is 0 Å². The summed E-state index contributed by atoms with van der Waals surface area (Å²) in [7, 11) is 0. The lowest BCUT2D eigenvalue weighted by Crippen LogP contribution is -2.34.